The quantitative estimate of drug-likeness (QED) is 0.479. The standard InChI is InChI=1S/C28H32N2O/c1-4-11-21-16-18-22(19-17-21)28(31)30-25(5-2)20(3)27(24-14-9-10-15-26(24)30)29-23-12-7-6-8-13-23/h6-10,12-20,25,27,29H,4-5,11H2,1-3H3/t20-,25-,27+/m1/s1. The molecule has 1 aliphatic heterocycles. The number of nitrogens with one attached hydrogen (secondary N) is 1. The maximum absolute atomic E-state index is 13.7. The first-order valence-electron chi connectivity index (χ1n) is 11.5. The third-order valence-corrected chi connectivity index (χ3v) is 6.47. The summed E-state index contributed by atoms with van der Waals surface area (Å²) in [6, 6.07) is 27.1. The highest BCUT2D eigenvalue weighted by atomic mass is 16.2. The molecule has 0 aromatic heterocycles. The van der Waals surface area contributed by atoms with E-state index in [1.165, 1.54) is 11.1 Å². The van der Waals surface area contributed by atoms with Crippen molar-refractivity contribution in [2.45, 2.75) is 52.1 Å². The Kier molecular flexibility index (Phi) is 6.41. The van der Waals surface area contributed by atoms with Crippen molar-refractivity contribution < 1.29 is 4.79 Å². The van der Waals surface area contributed by atoms with Gasteiger partial charge in [-0.05, 0) is 54.3 Å². The number of carbonyl (C=O) groups excluding carboxylic acids is 1. The maximum atomic E-state index is 13.7. The van der Waals surface area contributed by atoms with Gasteiger partial charge in [-0.1, -0.05) is 75.7 Å². The number of nitrogens with zero attached hydrogens (tertiary/aromatic N) is 1. The minimum absolute atomic E-state index is 0.0901. The van der Waals surface area contributed by atoms with Gasteiger partial charge in [-0.15, -0.1) is 0 Å². The molecule has 1 amide bonds. The van der Waals surface area contributed by atoms with Crippen LogP contribution < -0.4 is 10.2 Å². The molecule has 0 unspecified atom stereocenters. The lowest BCUT2D eigenvalue weighted by atomic mass is 9.80. The average Bonchev–Trinajstić information content (AvgIpc) is 2.81. The lowest BCUT2D eigenvalue weighted by Gasteiger charge is -2.45. The Morgan fingerprint density at radius 3 is 2.26 bits per heavy atom. The Morgan fingerprint density at radius 1 is 0.903 bits per heavy atom. The van der Waals surface area contributed by atoms with E-state index < -0.39 is 0 Å². The summed E-state index contributed by atoms with van der Waals surface area (Å²) in [7, 11) is 0. The molecule has 4 rings (SSSR count). The first kappa shape index (κ1) is 21.2. The van der Waals surface area contributed by atoms with E-state index in [1.807, 2.05) is 29.2 Å². The molecule has 1 heterocycles. The number of benzene rings is 3. The Bertz CT molecular complexity index is 1010. The number of fused-ring (bicyclic) bond motifs is 1. The molecule has 0 spiro atoms. The van der Waals surface area contributed by atoms with Crippen LogP contribution in [-0.2, 0) is 6.42 Å². The molecule has 0 saturated heterocycles. The number of hydrogen-bond donors (Lipinski definition) is 1. The van der Waals surface area contributed by atoms with Crippen LogP contribution in [0.1, 0.15) is 61.1 Å². The molecule has 3 aromatic carbocycles. The average molecular weight is 413 g/mol. The van der Waals surface area contributed by atoms with Gasteiger partial charge in [-0.3, -0.25) is 4.79 Å². The molecule has 3 nitrogen and oxygen atoms in total. The van der Waals surface area contributed by atoms with Crippen molar-refractivity contribution in [1.82, 2.24) is 0 Å². The normalized spacial score (nSPS) is 20.2. The number of anilines is 2. The minimum atomic E-state index is 0.0901. The third-order valence-electron chi connectivity index (χ3n) is 6.47. The Morgan fingerprint density at radius 2 is 1.58 bits per heavy atom. The Labute approximate surface area is 186 Å². The second kappa shape index (κ2) is 9.38. The summed E-state index contributed by atoms with van der Waals surface area (Å²) in [6.07, 6.45) is 3.06. The number of carbonyl (C=O) groups is 1. The second-order valence-electron chi connectivity index (χ2n) is 8.50. The number of hydrogen-bond acceptors (Lipinski definition) is 2. The van der Waals surface area contributed by atoms with E-state index in [0.717, 1.165) is 36.2 Å². The summed E-state index contributed by atoms with van der Waals surface area (Å²) in [5.41, 5.74) is 5.35. The molecule has 0 fully saturated rings. The highest BCUT2D eigenvalue weighted by Gasteiger charge is 2.40. The van der Waals surface area contributed by atoms with Crippen LogP contribution in [0.4, 0.5) is 11.4 Å². The Hall–Kier alpha value is -3.07. The fraction of sp³-hybridized carbons (Fsp3) is 0.321. The predicted octanol–water partition coefficient (Wildman–Crippen LogP) is 6.87. The Balaban J connectivity index is 1.71. The lowest BCUT2D eigenvalue weighted by Crippen LogP contribution is -2.50. The third kappa shape index (κ3) is 4.23. The zero-order chi connectivity index (χ0) is 21.8. The van der Waals surface area contributed by atoms with E-state index in [9.17, 15) is 4.79 Å². The van der Waals surface area contributed by atoms with Crippen molar-refractivity contribution in [2.24, 2.45) is 5.92 Å². The van der Waals surface area contributed by atoms with Gasteiger partial charge in [0.05, 0.1) is 6.04 Å². The molecule has 31 heavy (non-hydrogen) atoms. The lowest BCUT2D eigenvalue weighted by molar-refractivity contribution is 0.0960. The fourth-order valence-corrected chi connectivity index (χ4v) is 4.87. The summed E-state index contributed by atoms with van der Waals surface area (Å²) < 4.78 is 0. The number of rotatable bonds is 6. The first-order valence-corrected chi connectivity index (χ1v) is 11.5. The highest BCUT2D eigenvalue weighted by molar-refractivity contribution is 6.07. The number of para-hydroxylation sites is 2. The van der Waals surface area contributed by atoms with Gasteiger partial charge < -0.3 is 10.2 Å². The smallest absolute Gasteiger partial charge is 0.258 e. The SMILES string of the molecule is CCCc1ccc(C(=O)N2c3ccccc3[C@@H](Nc3ccccc3)[C@H](C)[C@H]2CC)cc1. The second-order valence-corrected chi connectivity index (χ2v) is 8.50. The van der Waals surface area contributed by atoms with Crippen molar-refractivity contribution in [3.05, 3.63) is 95.6 Å². The summed E-state index contributed by atoms with van der Waals surface area (Å²) in [5, 5.41) is 3.73. The summed E-state index contributed by atoms with van der Waals surface area (Å²) in [6.45, 7) is 6.62. The number of amides is 1. The van der Waals surface area contributed by atoms with Crippen LogP contribution in [0.5, 0.6) is 0 Å². The van der Waals surface area contributed by atoms with Gasteiger partial charge in [0.25, 0.3) is 5.91 Å². The fourth-order valence-electron chi connectivity index (χ4n) is 4.87. The molecule has 1 N–H and O–H groups in total. The van der Waals surface area contributed by atoms with Gasteiger partial charge in [-0.25, -0.2) is 0 Å². The van der Waals surface area contributed by atoms with E-state index in [2.05, 4.69) is 80.7 Å². The van der Waals surface area contributed by atoms with Gasteiger partial charge in [0.1, 0.15) is 0 Å². The van der Waals surface area contributed by atoms with Crippen LogP contribution in [0.15, 0.2) is 78.9 Å². The minimum Gasteiger partial charge on any atom is -0.378 e. The zero-order valence-corrected chi connectivity index (χ0v) is 18.7. The predicted molar refractivity (Wildman–Crippen MR) is 130 cm³/mol. The van der Waals surface area contributed by atoms with Gasteiger partial charge in [0.2, 0.25) is 0 Å². The molecular weight excluding hydrogens is 380 g/mol. The van der Waals surface area contributed by atoms with Crippen molar-refractivity contribution in [3.8, 4) is 0 Å². The monoisotopic (exact) mass is 412 g/mol. The van der Waals surface area contributed by atoms with Crippen molar-refractivity contribution >= 4 is 17.3 Å². The van der Waals surface area contributed by atoms with E-state index in [4.69, 9.17) is 0 Å². The topological polar surface area (TPSA) is 32.3 Å². The van der Waals surface area contributed by atoms with Gasteiger partial charge >= 0.3 is 0 Å². The van der Waals surface area contributed by atoms with Crippen LogP contribution >= 0.6 is 0 Å². The molecule has 1 aliphatic rings. The van der Waals surface area contributed by atoms with Crippen LogP contribution in [0.2, 0.25) is 0 Å². The molecule has 160 valence electrons. The van der Waals surface area contributed by atoms with Gasteiger partial charge in [0, 0.05) is 28.9 Å². The zero-order valence-electron chi connectivity index (χ0n) is 18.7. The van der Waals surface area contributed by atoms with Crippen LogP contribution in [0.25, 0.3) is 0 Å². The largest absolute Gasteiger partial charge is 0.378 e. The molecule has 3 aromatic rings. The van der Waals surface area contributed by atoms with Crippen molar-refractivity contribution in [2.75, 3.05) is 10.2 Å². The molecule has 0 saturated carbocycles. The van der Waals surface area contributed by atoms with E-state index >= 15 is 0 Å². The highest BCUT2D eigenvalue weighted by Crippen LogP contribution is 2.43. The molecule has 3 heteroatoms. The summed E-state index contributed by atoms with van der Waals surface area (Å²) in [4.78, 5) is 15.8. The molecule has 0 bridgehead atoms. The van der Waals surface area contributed by atoms with E-state index in [0.29, 0.717) is 0 Å². The molecule has 3 atom stereocenters. The van der Waals surface area contributed by atoms with Crippen LogP contribution in [0, 0.1) is 5.92 Å². The van der Waals surface area contributed by atoms with Gasteiger partial charge in [0.15, 0.2) is 0 Å². The van der Waals surface area contributed by atoms with Gasteiger partial charge in [-0.2, -0.15) is 0 Å². The van der Waals surface area contributed by atoms with Crippen molar-refractivity contribution in [3.63, 3.8) is 0 Å². The molecular formula is C28H32N2O. The van der Waals surface area contributed by atoms with Crippen LogP contribution in [0.3, 0.4) is 0 Å². The number of aryl methyl sites for hydroxylation is 1. The maximum Gasteiger partial charge on any atom is 0.258 e. The van der Waals surface area contributed by atoms with E-state index in [1.54, 1.807) is 0 Å². The van der Waals surface area contributed by atoms with Crippen molar-refractivity contribution in [1.29, 1.82) is 0 Å². The molecule has 0 radical (unpaired) electrons. The van der Waals surface area contributed by atoms with E-state index in [-0.39, 0.29) is 23.9 Å². The molecule has 0 aliphatic carbocycles. The first-order chi connectivity index (χ1) is 15.1. The summed E-state index contributed by atoms with van der Waals surface area (Å²) >= 11 is 0. The summed E-state index contributed by atoms with van der Waals surface area (Å²) in [5.74, 6) is 0.357. The van der Waals surface area contributed by atoms with Crippen LogP contribution in [-0.4, -0.2) is 11.9 Å².